The summed E-state index contributed by atoms with van der Waals surface area (Å²) in [6.45, 7) is 8.66. The topological polar surface area (TPSA) is 94.5 Å². The number of aryl methyl sites for hydroxylation is 1. The fourth-order valence-corrected chi connectivity index (χ4v) is 3.11. The molecular formula is C23H29N5O2. The number of hydrogen-bond acceptors (Lipinski definition) is 5. The van der Waals surface area contributed by atoms with Gasteiger partial charge in [0, 0.05) is 35.5 Å². The molecule has 0 spiro atoms. The van der Waals surface area contributed by atoms with E-state index >= 15 is 0 Å². The molecule has 0 radical (unpaired) electrons. The SMILES string of the molecule is Cc1cc(-c2ccn3nc(NC(=O)C4CC4)cc3c2)c(OCC(N)C(C)(C)C)cn1. The Morgan fingerprint density at radius 1 is 1.33 bits per heavy atom. The van der Waals surface area contributed by atoms with E-state index in [1.807, 2.05) is 37.4 Å². The van der Waals surface area contributed by atoms with Crippen LogP contribution in [0.5, 0.6) is 5.75 Å². The molecule has 1 amide bonds. The molecule has 1 aliphatic rings. The van der Waals surface area contributed by atoms with Gasteiger partial charge >= 0.3 is 0 Å². The molecule has 0 bridgehead atoms. The molecule has 1 unspecified atom stereocenters. The van der Waals surface area contributed by atoms with Crippen molar-refractivity contribution < 1.29 is 9.53 Å². The maximum absolute atomic E-state index is 12.0. The molecule has 1 fully saturated rings. The number of nitrogens with zero attached hydrogens (tertiary/aromatic N) is 3. The normalized spacial score (nSPS) is 15.2. The Balaban J connectivity index is 1.60. The number of aromatic nitrogens is 3. The van der Waals surface area contributed by atoms with Crippen LogP contribution in [0.25, 0.3) is 16.6 Å². The van der Waals surface area contributed by atoms with Crippen molar-refractivity contribution in [2.45, 2.75) is 46.6 Å². The molecule has 0 aliphatic heterocycles. The molecule has 3 aromatic rings. The minimum Gasteiger partial charge on any atom is -0.490 e. The van der Waals surface area contributed by atoms with Crippen LogP contribution in [0.3, 0.4) is 0 Å². The molecule has 4 rings (SSSR count). The number of carbonyl (C=O) groups excluding carboxylic acids is 1. The quantitative estimate of drug-likeness (QED) is 0.648. The lowest BCUT2D eigenvalue weighted by atomic mass is 9.88. The molecule has 1 aliphatic carbocycles. The third-order valence-corrected chi connectivity index (χ3v) is 5.51. The van der Waals surface area contributed by atoms with Crippen LogP contribution in [0.2, 0.25) is 0 Å². The first-order valence-electron chi connectivity index (χ1n) is 10.4. The monoisotopic (exact) mass is 407 g/mol. The average Bonchev–Trinajstić information content (AvgIpc) is 3.46. The van der Waals surface area contributed by atoms with Gasteiger partial charge in [-0.3, -0.25) is 9.78 Å². The van der Waals surface area contributed by atoms with Crippen molar-refractivity contribution in [1.82, 2.24) is 14.6 Å². The summed E-state index contributed by atoms with van der Waals surface area (Å²) < 4.78 is 7.83. The summed E-state index contributed by atoms with van der Waals surface area (Å²) >= 11 is 0. The smallest absolute Gasteiger partial charge is 0.228 e. The Hall–Kier alpha value is -2.93. The number of fused-ring (bicyclic) bond motifs is 1. The van der Waals surface area contributed by atoms with Crippen LogP contribution in [-0.4, -0.2) is 33.2 Å². The van der Waals surface area contributed by atoms with E-state index in [1.165, 1.54) is 0 Å². The van der Waals surface area contributed by atoms with Gasteiger partial charge in [0.15, 0.2) is 5.82 Å². The van der Waals surface area contributed by atoms with Gasteiger partial charge in [0.05, 0.1) is 11.7 Å². The largest absolute Gasteiger partial charge is 0.490 e. The van der Waals surface area contributed by atoms with E-state index in [1.54, 1.807) is 10.7 Å². The van der Waals surface area contributed by atoms with Crippen molar-refractivity contribution in [3.8, 4) is 16.9 Å². The fraction of sp³-hybridized carbons (Fsp3) is 0.435. The molecule has 3 aromatic heterocycles. The number of hydrogen-bond donors (Lipinski definition) is 2. The summed E-state index contributed by atoms with van der Waals surface area (Å²) in [5, 5.41) is 7.35. The third kappa shape index (κ3) is 4.46. The number of carbonyl (C=O) groups is 1. The van der Waals surface area contributed by atoms with Gasteiger partial charge in [-0.1, -0.05) is 20.8 Å². The Morgan fingerprint density at radius 3 is 2.80 bits per heavy atom. The lowest BCUT2D eigenvalue weighted by molar-refractivity contribution is -0.117. The molecule has 1 atom stereocenters. The van der Waals surface area contributed by atoms with Crippen molar-refractivity contribution in [1.29, 1.82) is 0 Å². The van der Waals surface area contributed by atoms with Gasteiger partial charge in [0.2, 0.25) is 5.91 Å². The van der Waals surface area contributed by atoms with Crippen LogP contribution in [0, 0.1) is 18.3 Å². The van der Waals surface area contributed by atoms with Crippen LogP contribution in [0.15, 0.2) is 36.7 Å². The van der Waals surface area contributed by atoms with E-state index < -0.39 is 0 Å². The third-order valence-electron chi connectivity index (χ3n) is 5.51. The van der Waals surface area contributed by atoms with E-state index in [-0.39, 0.29) is 23.3 Å². The lowest BCUT2D eigenvalue weighted by Crippen LogP contribution is -2.40. The van der Waals surface area contributed by atoms with Crippen molar-refractivity contribution in [2.24, 2.45) is 17.1 Å². The highest BCUT2D eigenvalue weighted by atomic mass is 16.5. The number of pyridine rings is 2. The maximum atomic E-state index is 12.0. The number of nitrogens with one attached hydrogen (secondary N) is 1. The summed E-state index contributed by atoms with van der Waals surface area (Å²) in [5.41, 5.74) is 9.97. The molecule has 0 aromatic carbocycles. The first kappa shape index (κ1) is 20.3. The summed E-state index contributed by atoms with van der Waals surface area (Å²) in [6.07, 6.45) is 5.57. The zero-order valence-corrected chi connectivity index (χ0v) is 18.0. The van der Waals surface area contributed by atoms with Crippen molar-refractivity contribution >= 4 is 17.2 Å². The fourth-order valence-electron chi connectivity index (χ4n) is 3.11. The zero-order valence-electron chi connectivity index (χ0n) is 18.0. The second-order valence-electron chi connectivity index (χ2n) is 9.18. The molecule has 1 saturated carbocycles. The van der Waals surface area contributed by atoms with E-state index in [2.05, 4.69) is 36.2 Å². The molecule has 158 valence electrons. The van der Waals surface area contributed by atoms with Crippen molar-refractivity contribution in [3.63, 3.8) is 0 Å². The second kappa shape index (κ2) is 7.72. The van der Waals surface area contributed by atoms with Gasteiger partial charge in [-0.15, -0.1) is 0 Å². The van der Waals surface area contributed by atoms with E-state index in [0.717, 1.165) is 35.2 Å². The predicted octanol–water partition coefficient (Wildman–Crippen LogP) is 3.81. The summed E-state index contributed by atoms with van der Waals surface area (Å²) in [6, 6.07) is 7.81. The number of amides is 1. The first-order valence-corrected chi connectivity index (χ1v) is 10.4. The summed E-state index contributed by atoms with van der Waals surface area (Å²) in [4.78, 5) is 16.4. The van der Waals surface area contributed by atoms with E-state index in [0.29, 0.717) is 18.2 Å². The van der Waals surface area contributed by atoms with Gasteiger partial charge in [0.25, 0.3) is 0 Å². The van der Waals surface area contributed by atoms with Crippen molar-refractivity contribution in [3.05, 3.63) is 42.4 Å². The van der Waals surface area contributed by atoms with Crippen LogP contribution in [0.1, 0.15) is 39.3 Å². The zero-order chi connectivity index (χ0) is 21.5. The number of ether oxygens (including phenoxy) is 1. The van der Waals surface area contributed by atoms with Gasteiger partial charge in [-0.25, -0.2) is 4.52 Å². The standard InChI is InChI=1S/C23H29N5O2/c1-14-9-18(19(12-25-14)30-13-20(24)23(2,3)4)16-7-8-28-17(10-16)11-21(27-28)26-22(29)15-5-6-15/h7-12,15,20H,5-6,13,24H2,1-4H3,(H,26,27,29). The van der Waals surface area contributed by atoms with Crippen LogP contribution in [-0.2, 0) is 4.79 Å². The first-order chi connectivity index (χ1) is 14.2. The van der Waals surface area contributed by atoms with Gasteiger partial charge in [-0.2, -0.15) is 5.10 Å². The molecule has 3 heterocycles. The average molecular weight is 408 g/mol. The number of rotatable bonds is 6. The Morgan fingerprint density at radius 2 is 2.10 bits per heavy atom. The van der Waals surface area contributed by atoms with E-state index in [9.17, 15) is 4.79 Å². The van der Waals surface area contributed by atoms with Gasteiger partial charge in [0.1, 0.15) is 12.4 Å². The summed E-state index contributed by atoms with van der Waals surface area (Å²) in [5.74, 6) is 1.47. The molecule has 0 saturated heterocycles. The molecule has 30 heavy (non-hydrogen) atoms. The Bertz CT molecular complexity index is 1080. The van der Waals surface area contributed by atoms with Crippen LogP contribution < -0.4 is 15.8 Å². The molecule has 3 N–H and O–H groups in total. The highest BCUT2D eigenvalue weighted by molar-refractivity contribution is 5.93. The Labute approximate surface area is 176 Å². The minimum atomic E-state index is -0.0957. The molecule has 7 heteroatoms. The minimum absolute atomic E-state index is 0.0455. The predicted molar refractivity (Wildman–Crippen MR) is 117 cm³/mol. The summed E-state index contributed by atoms with van der Waals surface area (Å²) in [7, 11) is 0. The van der Waals surface area contributed by atoms with Crippen molar-refractivity contribution in [2.75, 3.05) is 11.9 Å². The number of nitrogens with two attached hydrogens (primary N) is 1. The number of anilines is 1. The van der Waals surface area contributed by atoms with Crippen LogP contribution in [0.4, 0.5) is 5.82 Å². The van der Waals surface area contributed by atoms with E-state index in [4.69, 9.17) is 10.5 Å². The highest BCUT2D eigenvalue weighted by Crippen LogP contribution is 2.33. The highest BCUT2D eigenvalue weighted by Gasteiger charge is 2.30. The Kier molecular flexibility index (Phi) is 5.24. The molecular weight excluding hydrogens is 378 g/mol. The van der Waals surface area contributed by atoms with Gasteiger partial charge in [-0.05, 0) is 48.9 Å². The van der Waals surface area contributed by atoms with Gasteiger partial charge < -0.3 is 15.8 Å². The maximum Gasteiger partial charge on any atom is 0.228 e. The molecule has 7 nitrogen and oxygen atoms in total. The van der Waals surface area contributed by atoms with Crippen LogP contribution >= 0.6 is 0 Å². The second-order valence-corrected chi connectivity index (χ2v) is 9.18. The lowest BCUT2D eigenvalue weighted by Gasteiger charge is -2.27.